The van der Waals surface area contributed by atoms with Crippen molar-refractivity contribution in [2.45, 2.75) is 12.8 Å². The van der Waals surface area contributed by atoms with E-state index in [0.29, 0.717) is 34.2 Å². The van der Waals surface area contributed by atoms with Crippen molar-refractivity contribution < 1.29 is 28.6 Å². The first kappa shape index (κ1) is 20.2. The molecular formula is C21H22N2O6. The number of ketones is 1. The van der Waals surface area contributed by atoms with Gasteiger partial charge in [-0.15, -0.1) is 0 Å². The van der Waals surface area contributed by atoms with Gasteiger partial charge in [0.2, 0.25) is 5.91 Å². The molecule has 0 bridgehead atoms. The standard InChI is InChI=1S/C21H22N2O6/c1-23-16-10-13(4-7-19(16)29-12-21(23)26)17(24)6-9-20(25)22-15-11-14(27-2)5-8-18(15)28-3/h4-5,7-8,10-11H,6,9,12H2,1-3H3,(H,22,25). The molecule has 2 aromatic rings. The van der Waals surface area contributed by atoms with Gasteiger partial charge in [-0.2, -0.15) is 0 Å². The van der Waals surface area contributed by atoms with Crippen LogP contribution in [0.25, 0.3) is 0 Å². The van der Waals surface area contributed by atoms with Crippen molar-refractivity contribution in [1.82, 2.24) is 0 Å². The Balaban J connectivity index is 1.64. The van der Waals surface area contributed by atoms with Crippen molar-refractivity contribution in [3.8, 4) is 17.2 Å². The van der Waals surface area contributed by atoms with Gasteiger partial charge in [0.1, 0.15) is 17.2 Å². The molecule has 0 atom stereocenters. The number of methoxy groups -OCH3 is 2. The van der Waals surface area contributed by atoms with Gasteiger partial charge in [0, 0.05) is 31.5 Å². The number of rotatable bonds is 7. The lowest BCUT2D eigenvalue weighted by Crippen LogP contribution is -2.35. The van der Waals surface area contributed by atoms with Crippen LogP contribution in [0, 0.1) is 0 Å². The summed E-state index contributed by atoms with van der Waals surface area (Å²) in [4.78, 5) is 38.1. The predicted octanol–water partition coefficient (Wildman–Crippen LogP) is 2.66. The quantitative estimate of drug-likeness (QED) is 0.721. The summed E-state index contributed by atoms with van der Waals surface area (Å²) in [5.74, 6) is 0.908. The number of nitrogens with one attached hydrogen (secondary N) is 1. The Bertz CT molecular complexity index is 956. The molecule has 0 fully saturated rings. The van der Waals surface area contributed by atoms with Gasteiger partial charge in [0.05, 0.1) is 25.6 Å². The SMILES string of the molecule is COc1ccc(OC)c(NC(=O)CCC(=O)c2ccc3c(c2)N(C)C(=O)CO3)c1. The average Bonchev–Trinajstić information content (AvgIpc) is 2.74. The van der Waals surface area contributed by atoms with E-state index in [0.717, 1.165) is 0 Å². The summed E-state index contributed by atoms with van der Waals surface area (Å²) < 4.78 is 15.7. The summed E-state index contributed by atoms with van der Waals surface area (Å²) in [5.41, 5.74) is 1.42. The summed E-state index contributed by atoms with van der Waals surface area (Å²) in [6, 6.07) is 9.96. The molecule has 0 aromatic heterocycles. The number of ether oxygens (including phenoxy) is 3. The molecule has 0 saturated heterocycles. The second-order valence-electron chi connectivity index (χ2n) is 6.46. The van der Waals surface area contributed by atoms with Gasteiger partial charge in [-0.05, 0) is 30.3 Å². The lowest BCUT2D eigenvalue weighted by Gasteiger charge is -2.26. The van der Waals surface area contributed by atoms with Crippen molar-refractivity contribution in [1.29, 1.82) is 0 Å². The number of anilines is 2. The van der Waals surface area contributed by atoms with Gasteiger partial charge in [-0.1, -0.05) is 0 Å². The monoisotopic (exact) mass is 398 g/mol. The van der Waals surface area contributed by atoms with Crippen LogP contribution >= 0.6 is 0 Å². The maximum Gasteiger partial charge on any atom is 0.264 e. The first-order chi connectivity index (χ1) is 13.9. The average molecular weight is 398 g/mol. The van der Waals surface area contributed by atoms with Crippen LogP contribution in [-0.4, -0.2) is 45.5 Å². The van der Waals surface area contributed by atoms with Crippen LogP contribution in [0.1, 0.15) is 23.2 Å². The van der Waals surface area contributed by atoms with E-state index in [9.17, 15) is 14.4 Å². The third-order valence-corrected chi connectivity index (χ3v) is 4.63. The van der Waals surface area contributed by atoms with Crippen LogP contribution in [0.15, 0.2) is 36.4 Å². The van der Waals surface area contributed by atoms with Gasteiger partial charge in [-0.3, -0.25) is 14.4 Å². The third-order valence-electron chi connectivity index (χ3n) is 4.63. The Morgan fingerprint density at radius 1 is 1.10 bits per heavy atom. The van der Waals surface area contributed by atoms with Crippen LogP contribution < -0.4 is 24.4 Å². The third kappa shape index (κ3) is 4.48. The van der Waals surface area contributed by atoms with Gasteiger partial charge >= 0.3 is 0 Å². The highest BCUT2D eigenvalue weighted by atomic mass is 16.5. The van der Waals surface area contributed by atoms with Gasteiger partial charge in [0.15, 0.2) is 12.4 Å². The molecule has 1 aliphatic rings. The number of likely N-dealkylation sites (N-methyl/N-ethyl adjacent to an activating group) is 1. The van der Waals surface area contributed by atoms with Crippen LogP contribution in [0.2, 0.25) is 0 Å². The molecule has 0 unspecified atom stereocenters. The zero-order chi connectivity index (χ0) is 21.0. The molecule has 1 heterocycles. The fourth-order valence-electron chi connectivity index (χ4n) is 2.94. The summed E-state index contributed by atoms with van der Waals surface area (Å²) in [6.07, 6.45) is 0.0248. The number of carbonyl (C=O) groups excluding carboxylic acids is 3. The normalized spacial score (nSPS) is 12.7. The molecule has 1 N–H and O–H groups in total. The fourth-order valence-corrected chi connectivity index (χ4v) is 2.94. The molecule has 3 rings (SSSR count). The highest BCUT2D eigenvalue weighted by Gasteiger charge is 2.23. The predicted molar refractivity (Wildman–Crippen MR) is 107 cm³/mol. The molecular weight excluding hydrogens is 376 g/mol. The number of amides is 2. The fraction of sp³-hybridized carbons (Fsp3) is 0.286. The molecule has 0 spiro atoms. The van der Waals surface area contributed by atoms with E-state index in [4.69, 9.17) is 14.2 Å². The first-order valence-corrected chi connectivity index (χ1v) is 9.01. The van der Waals surface area contributed by atoms with Crippen molar-refractivity contribution in [3.63, 3.8) is 0 Å². The summed E-state index contributed by atoms with van der Waals surface area (Å²) >= 11 is 0. The minimum absolute atomic E-state index is 0.00154. The van der Waals surface area contributed by atoms with Crippen LogP contribution in [0.3, 0.4) is 0 Å². The van der Waals surface area contributed by atoms with Gasteiger partial charge in [0.25, 0.3) is 5.91 Å². The minimum Gasteiger partial charge on any atom is -0.497 e. The molecule has 2 aromatic carbocycles. The van der Waals surface area contributed by atoms with E-state index in [1.807, 2.05) is 0 Å². The van der Waals surface area contributed by atoms with E-state index in [1.165, 1.54) is 19.1 Å². The van der Waals surface area contributed by atoms with E-state index in [1.54, 1.807) is 43.4 Å². The van der Waals surface area contributed by atoms with Crippen molar-refractivity contribution in [2.75, 3.05) is 38.1 Å². The summed E-state index contributed by atoms with van der Waals surface area (Å²) in [6.45, 7) is -0.0231. The van der Waals surface area contributed by atoms with Crippen LogP contribution in [0.5, 0.6) is 17.2 Å². The lowest BCUT2D eigenvalue weighted by molar-refractivity contribution is -0.121. The molecule has 2 amide bonds. The highest BCUT2D eigenvalue weighted by Crippen LogP contribution is 2.32. The zero-order valence-electron chi connectivity index (χ0n) is 16.5. The molecule has 8 heteroatoms. The Morgan fingerprint density at radius 2 is 1.90 bits per heavy atom. The number of nitrogens with zero attached hydrogens (tertiary/aromatic N) is 1. The molecule has 1 aliphatic heterocycles. The lowest BCUT2D eigenvalue weighted by atomic mass is 10.0. The van der Waals surface area contributed by atoms with Crippen molar-refractivity contribution in [3.05, 3.63) is 42.0 Å². The molecule has 0 radical (unpaired) electrons. The summed E-state index contributed by atoms with van der Waals surface area (Å²) in [7, 11) is 4.66. The van der Waals surface area contributed by atoms with E-state index in [-0.39, 0.29) is 37.0 Å². The Hall–Kier alpha value is -3.55. The molecule has 29 heavy (non-hydrogen) atoms. The van der Waals surface area contributed by atoms with E-state index in [2.05, 4.69) is 5.32 Å². The smallest absolute Gasteiger partial charge is 0.264 e. The molecule has 0 saturated carbocycles. The first-order valence-electron chi connectivity index (χ1n) is 9.01. The highest BCUT2D eigenvalue weighted by molar-refractivity contribution is 6.03. The topological polar surface area (TPSA) is 94.2 Å². The Kier molecular flexibility index (Phi) is 6.01. The van der Waals surface area contributed by atoms with Crippen molar-refractivity contribution >= 4 is 29.0 Å². The van der Waals surface area contributed by atoms with Gasteiger partial charge in [-0.25, -0.2) is 0 Å². The number of benzene rings is 2. The van der Waals surface area contributed by atoms with E-state index < -0.39 is 0 Å². The second kappa shape index (κ2) is 8.64. The molecule has 0 aliphatic carbocycles. The number of hydrogen-bond donors (Lipinski definition) is 1. The number of carbonyl (C=O) groups is 3. The Labute approximate surface area is 168 Å². The molecule has 8 nitrogen and oxygen atoms in total. The Morgan fingerprint density at radius 3 is 2.62 bits per heavy atom. The van der Waals surface area contributed by atoms with Gasteiger partial charge < -0.3 is 24.4 Å². The van der Waals surface area contributed by atoms with Crippen LogP contribution in [-0.2, 0) is 9.59 Å². The van der Waals surface area contributed by atoms with Crippen LogP contribution in [0.4, 0.5) is 11.4 Å². The number of hydrogen-bond acceptors (Lipinski definition) is 6. The zero-order valence-corrected chi connectivity index (χ0v) is 16.5. The largest absolute Gasteiger partial charge is 0.497 e. The van der Waals surface area contributed by atoms with E-state index >= 15 is 0 Å². The maximum absolute atomic E-state index is 12.5. The second-order valence-corrected chi connectivity index (χ2v) is 6.46. The molecule has 152 valence electrons. The van der Waals surface area contributed by atoms with Crippen molar-refractivity contribution in [2.24, 2.45) is 0 Å². The number of Topliss-reactive ketones (excluding diaryl/α,β-unsaturated/α-hetero) is 1. The maximum atomic E-state index is 12.5. The minimum atomic E-state index is -0.321. The summed E-state index contributed by atoms with van der Waals surface area (Å²) in [5, 5.41) is 2.74. The number of fused-ring (bicyclic) bond motifs is 1.